The second kappa shape index (κ2) is 58.5. The maximum absolute atomic E-state index is 12.7. The first-order valence-corrected chi connectivity index (χ1v) is 31.6. The third-order valence-corrected chi connectivity index (χ3v) is 13.7. The third kappa shape index (κ3) is 58.3. The van der Waals surface area contributed by atoms with Crippen LogP contribution in [0.5, 0.6) is 0 Å². The Morgan fingerprint density at radius 3 is 1.12 bits per heavy atom. The van der Waals surface area contributed by atoms with E-state index in [4.69, 9.17) is 24.3 Å². The fourth-order valence-corrected chi connectivity index (χ4v) is 9.11. The molecule has 0 rings (SSSR count). The van der Waals surface area contributed by atoms with Gasteiger partial charge in [-0.25, -0.2) is 4.57 Å². The molecular formula is C63H112NO8P. The van der Waals surface area contributed by atoms with Crippen molar-refractivity contribution in [2.45, 2.75) is 277 Å². The molecule has 73 heavy (non-hydrogen) atoms. The molecule has 0 aromatic rings. The lowest BCUT2D eigenvalue weighted by atomic mass is 10.0. The van der Waals surface area contributed by atoms with Gasteiger partial charge in [0.1, 0.15) is 6.61 Å². The molecule has 0 saturated carbocycles. The number of rotatable bonds is 56. The average Bonchev–Trinajstić information content (AvgIpc) is 3.38. The second-order valence-corrected chi connectivity index (χ2v) is 21.3. The Morgan fingerprint density at radius 2 is 0.753 bits per heavy atom. The molecule has 0 bridgehead atoms. The highest BCUT2D eigenvalue weighted by atomic mass is 31.2. The number of phosphoric ester groups is 1. The van der Waals surface area contributed by atoms with E-state index < -0.39 is 26.5 Å². The van der Waals surface area contributed by atoms with E-state index in [1.54, 1.807) is 0 Å². The van der Waals surface area contributed by atoms with E-state index in [0.717, 1.165) is 83.5 Å². The summed E-state index contributed by atoms with van der Waals surface area (Å²) in [6.45, 7) is 3.63. The lowest BCUT2D eigenvalue weighted by molar-refractivity contribution is -0.161. The number of nitrogens with two attached hydrogens (primary N) is 1. The van der Waals surface area contributed by atoms with Gasteiger partial charge in [-0.05, 0) is 89.9 Å². The van der Waals surface area contributed by atoms with Crippen molar-refractivity contribution in [1.29, 1.82) is 0 Å². The van der Waals surface area contributed by atoms with Crippen molar-refractivity contribution in [2.75, 3.05) is 26.4 Å². The first kappa shape index (κ1) is 70.2. The molecule has 422 valence electrons. The first-order chi connectivity index (χ1) is 35.8. The number of carbonyl (C=O) groups excluding carboxylic acids is 2. The predicted octanol–water partition coefficient (Wildman–Crippen LogP) is 19.1. The molecule has 0 aromatic heterocycles. The van der Waals surface area contributed by atoms with Crippen LogP contribution < -0.4 is 5.73 Å². The van der Waals surface area contributed by atoms with Crippen molar-refractivity contribution in [3.63, 3.8) is 0 Å². The molecule has 0 aliphatic heterocycles. The number of carbonyl (C=O) groups is 2. The monoisotopic (exact) mass is 1040 g/mol. The number of ether oxygens (including phenoxy) is 2. The zero-order chi connectivity index (χ0) is 53.1. The lowest BCUT2D eigenvalue weighted by Crippen LogP contribution is -2.29. The summed E-state index contributed by atoms with van der Waals surface area (Å²) in [5, 5.41) is 0. The summed E-state index contributed by atoms with van der Waals surface area (Å²) >= 11 is 0. The van der Waals surface area contributed by atoms with Crippen LogP contribution in [0.3, 0.4) is 0 Å². The molecule has 0 radical (unpaired) electrons. The molecule has 0 aromatic carbocycles. The zero-order valence-corrected chi connectivity index (χ0v) is 48.0. The number of hydrogen-bond acceptors (Lipinski definition) is 8. The minimum Gasteiger partial charge on any atom is -0.462 e. The Morgan fingerprint density at radius 1 is 0.425 bits per heavy atom. The van der Waals surface area contributed by atoms with Crippen LogP contribution in [0.25, 0.3) is 0 Å². The fourth-order valence-electron chi connectivity index (χ4n) is 8.34. The van der Waals surface area contributed by atoms with Crippen molar-refractivity contribution in [1.82, 2.24) is 0 Å². The molecule has 3 N–H and O–H groups in total. The van der Waals surface area contributed by atoms with Gasteiger partial charge in [0.2, 0.25) is 0 Å². The first-order valence-electron chi connectivity index (χ1n) is 30.1. The van der Waals surface area contributed by atoms with E-state index in [0.29, 0.717) is 6.42 Å². The Labute approximate surface area is 449 Å². The van der Waals surface area contributed by atoms with Crippen LogP contribution in [0.15, 0.2) is 85.1 Å². The van der Waals surface area contributed by atoms with E-state index in [9.17, 15) is 19.0 Å². The Balaban J connectivity index is 3.94. The van der Waals surface area contributed by atoms with Crippen LogP contribution in [0, 0.1) is 0 Å². The largest absolute Gasteiger partial charge is 0.472 e. The summed E-state index contributed by atoms with van der Waals surface area (Å²) < 4.78 is 33.1. The maximum Gasteiger partial charge on any atom is 0.472 e. The molecule has 10 heteroatoms. The smallest absolute Gasteiger partial charge is 0.462 e. The van der Waals surface area contributed by atoms with E-state index in [1.807, 2.05) is 0 Å². The van der Waals surface area contributed by atoms with Crippen molar-refractivity contribution >= 4 is 19.8 Å². The van der Waals surface area contributed by atoms with E-state index in [1.165, 1.54) is 154 Å². The van der Waals surface area contributed by atoms with Crippen LogP contribution in [0.1, 0.15) is 271 Å². The number of esters is 2. The molecule has 0 saturated heterocycles. The fraction of sp³-hybridized carbons (Fsp3) is 0.746. The van der Waals surface area contributed by atoms with Gasteiger partial charge in [-0.3, -0.25) is 18.6 Å². The molecule has 0 aliphatic carbocycles. The number of allylic oxidation sites excluding steroid dienone is 14. The summed E-state index contributed by atoms with van der Waals surface area (Å²) in [6.07, 6.45) is 76.4. The topological polar surface area (TPSA) is 134 Å². The van der Waals surface area contributed by atoms with E-state index >= 15 is 0 Å². The third-order valence-electron chi connectivity index (χ3n) is 12.8. The highest BCUT2D eigenvalue weighted by Gasteiger charge is 2.26. The van der Waals surface area contributed by atoms with Gasteiger partial charge in [-0.2, -0.15) is 0 Å². The predicted molar refractivity (Wildman–Crippen MR) is 312 cm³/mol. The van der Waals surface area contributed by atoms with Gasteiger partial charge in [-0.15, -0.1) is 0 Å². The van der Waals surface area contributed by atoms with Gasteiger partial charge in [-0.1, -0.05) is 253 Å². The van der Waals surface area contributed by atoms with Gasteiger partial charge in [0.25, 0.3) is 0 Å². The van der Waals surface area contributed by atoms with Crippen LogP contribution in [-0.2, 0) is 32.7 Å². The van der Waals surface area contributed by atoms with Crippen molar-refractivity contribution in [2.24, 2.45) is 5.73 Å². The van der Waals surface area contributed by atoms with Gasteiger partial charge in [0, 0.05) is 19.4 Å². The van der Waals surface area contributed by atoms with Crippen LogP contribution >= 0.6 is 7.82 Å². The summed E-state index contributed by atoms with van der Waals surface area (Å²) in [4.78, 5) is 35.2. The lowest BCUT2D eigenvalue weighted by Gasteiger charge is -2.19. The SMILES string of the molecule is CC/C=C\C/C=C\C/C=C\C/C=C\CCCCCCCCCCC(=O)OC(COC(=O)CCCCCCCCCCCCCCCCCC/C=C\C/C=C\C/C=C\CCCCCCC)COP(=O)(O)OCCN. The van der Waals surface area contributed by atoms with E-state index in [-0.39, 0.29) is 38.6 Å². The van der Waals surface area contributed by atoms with Gasteiger partial charge in [0.05, 0.1) is 13.2 Å². The molecule has 0 heterocycles. The second-order valence-electron chi connectivity index (χ2n) is 19.8. The summed E-state index contributed by atoms with van der Waals surface area (Å²) in [5.41, 5.74) is 5.38. The van der Waals surface area contributed by atoms with Crippen molar-refractivity contribution in [3.8, 4) is 0 Å². The van der Waals surface area contributed by atoms with Crippen LogP contribution in [0.4, 0.5) is 0 Å². The number of hydrogen-bond donors (Lipinski definition) is 2. The highest BCUT2D eigenvalue weighted by molar-refractivity contribution is 7.47. The molecule has 2 unspecified atom stereocenters. The average molecular weight is 1040 g/mol. The van der Waals surface area contributed by atoms with Gasteiger partial charge >= 0.3 is 19.8 Å². The Hall–Kier alpha value is -2.81. The minimum absolute atomic E-state index is 0.0490. The quantitative estimate of drug-likeness (QED) is 0.0264. The zero-order valence-electron chi connectivity index (χ0n) is 47.1. The standard InChI is InChI=1S/C63H112NO8P/c1-3-5-7-9-11-13-15-17-19-21-23-25-26-27-28-29-30-31-32-33-34-36-37-39-41-43-45-47-49-51-53-55-62(65)69-59-61(60-71-73(67,68)70-58-57-64)72-63(66)56-54-52-50-48-46-44-42-40-38-35-24-22-20-18-16-14-12-10-8-6-4-2/h6,8,12,14-15,17-18,20-21,23-24,26-27,35,61H,3-5,7,9-11,13,16,19,22,25,28-34,36-60,64H2,1-2H3,(H,67,68)/b8-6-,14-12-,17-15-,20-18-,23-21-,27-26-,35-24-. The summed E-state index contributed by atoms with van der Waals surface area (Å²) in [5.74, 6) is -0.833. The highest BCUT2D eigenvalue weighted by Crippen LogP contribution is 2.43. The molecule has 0 fully saturated rings. The molecule has 2 atom stereocenters. The number of unbranched alkanes of at least 4 members (excludes halogenated alkanes) is 29. The van der Waals surface area contributed by atoms with Gasteiger partial charge < -0.3 is 20.1 Å². The summed E-state index contributed by atoms with van der Waals surface area (Å²) in [6, 6.07) is 0. The van der Waals surface area contributed by atoms with Crippen LogP contribution in [0.2, 0.25) is 0 Å². The summed E-state index contributed by atoms with van der Waals surface area (Å²) in [7, 11) is -4.39. The normalized spacial score (nSPS) is 13.6. The minimum atomic E-state index is -4.39. The maximum atomic E-state index is 12.7. The van der Waals surface area contributed by atoms with Crippen molar-refractivity contribution in [3.05, 3.63) is 85.1 Å². The Bertz CT molecular complexity index is 1470. The van der Waals surface area contributed by atoms with Crippen LogP contribution in [-0.4, -0.2) is 49.3 Å². The Kier molecular flexibility index (Phi) is 56.2. The van der Waals surface area contributed by atoms with Crippen molar-refractivity contribution < 1.29 is 37.6 Å². The molecule has 9 nitrogen and oxygen atoms in total. The van der Waals surface area contributed by atoms with Gasteiger partial charge in [0.15, 0.2) is 6.10 Å². The molecule has 0 amide bonds. The molecule has 0 aliphatic rings. The molecule has 0 spiro atoms. The molecular weight excluding hydrogens is 930 g/mol. The van der Waals surface area contributed by atoms with E-state index in [2.05, 4.69) is 98.9 Å². The number of phosphoric acid groups is 1.